The van der Waals surface area contributed by atoms with Gasteiger partial charge in [0.1, 0.15) is 17.5 Å². The van der Waals surface area contributed by atoms with Crippen LogP contribution in [0.2, 0.25) is 0 Å². The van der Waals surface area contributed by atoms with Crippen LogP contribution >= 0.6 is 11.6 Å². The lowest BCUT2D eigenvalue weighted by molar-refractivity contribution is -0.167. The van der Waals surface area contributed by atoms with Gasteiger partial charge >= 0.3 is 5.97 Å². The average molecular weight is 413 g/mol. The Morgan fingerprint density at radius 2 is 2.00 bits per heavy atom. The van der Waals surface area contributed by atoms with Crippen LogP contribution in [0.4, 0.5) is 0 Å². The molecule has 0 N–H and O–H groups in total. The van der Waals surface area contributed by atoms with Gasteiger partial charge < -0.3 is 9.47 Å². The number of allylic oxidation sites excluding steroid dienone is 3. The van der Waals surface area contributed by atoms with Crippen LogP contribution in [-0.2, 0) is 23.9 Å². The van der Waals surface area contributed by atoms with Crippen molar-refractivity contribution in [2.24, 2.45) is 5.92 Å². The molecule has 1 saturated heterocycles. The van der Waals surface area contributed by atoms with E-state index < -0.39 is 16.9 Å². The van der Waals surface area contributed by atoms with Crippen molar-refractivity contribution in [3.8, 4) is 0 Å². The molecule has 5 nitrogen and oxygen atoms in total. The number of hydrogen-bond donors (Lipinski definition) is 0. The first-order valence-corrected chi connectivity index (χ1v) is 10.3. The Labute approximate surface area is 173 Å². The monoisotopic (exact) mass is 412 g/mol. The van der Waals surface area contributed by atoms with Crippen molar-refractivity contribution in [3.05, 3.63) is 23.3 Å². The van der Waals surface area contributed by atoms with E-state index in [1.807, 2.05) is 33.8 Å². The largest absolute Gasteiger partial charge is 0.459 e. The fourth-order valence-electron chi connectivity index (χ4n) is 3.36. The van der Waals surface area contributed by atoms with Gasteiger partial charge in [0, 0.05) is 19.3 Å². The number of esters is 1. The van der Waals surface area contributed by atoms with Crippen molar-refractivity contribution in [2.75, 3.05) is 6.61 Å². The molecule has 0 aromatic heterocycles. The topological polar surface area (TPSA) is 69.7 Å². The van der Waals surface area contributed by atoms with Gasteiger partial charge in [0.05, 0.1) is 6.61 Å². The van der Waals surface area contributed by atoms with E-state index in [0.29, 0.717) is 25.7 Å². The number of ether oxygens (including phenoxy) is 2. The predicted octanol–water partition coefficient (Wildman–Crippen LogP) is 4.91. The minimum atomic E-state index is -0.667. The molecule has 1 fully saturated rings. The van der Waals surface area contributed by atoms with Crippen LogP contribution in [0.25, 0.3) is 0 Å². The van der Waals surface area contributed by atoms with Crippen molar-refractivity contribution in [1.29, 1.82) is 0 Å². The fourth-order valence-corrected chi connectivity index (χ4v) is 3.52. The van der Waals surface area contributed by atoms with Crippen LogP contribution in [0.1, 0.15) is 73.1 Å². The van der Waals surface area contributed by atoms with Crippen LogP contribution in [0.15, 0.2) is 23.3 Å². The fraction of sp³-hybridized carbons (Fsp3) is 0.682. The van der Waals surface area contributed by atoms with E-state index in [0.717, 1.165) is 24.0 Å². The van der Waals surface area contributed by atoms with E-state index in [-0.39, 0.29) is 24.3 Å². The molecular weight excluding hydrogens is 380 g/mol. The Bertz CT molecular complexity index is 633. The second-order valence-electron chi connectivity index (χ2n) is 8.09. The van der Waals surface area contributed by atoms with Crippen molar-refractivity contribution in [1.82, 2.24) is 0 Å². The van der Waals surface area contributed by atoms with Gasteiger partial charge in [-0.05, 0) is 76.1 Å². The molecule has 0 aliphatic carbocycles. The molecule has 28 heavy (non-hydrogen) atoms. The van der Waals surface area contributed by atoms with Crippen LogP contribution in [0, 0.1) is 5.92 Å². The third kappa shape index (κ3) is 8.70. The second kappa shape index (κ2) is 11.5. The molecule has 0 amide bonds. The Hall–Kier alpha value is -1.46. The summed E-state index contributed by atoms with van der Waals surface area (Å²) in [4.78, 5) is 34.9. The van der Waals surface area contributed by atoms with Crippen molar-refractivity contribution in [2.45, 2.75) is 84.8 Å². The van der Waals surface area contributed by atoms with E-state index >= 15 is 0 Å². The highest BCUT2D eigenvalue weighted by atomic mass is 35.5. The number of hydrogen-bond acceptors (Lipinski definition) is 5. The summed E-state index contributed by atoms with van der Waals surface area (Å²) in [5, 5.41) is -0.532. The molecule has 0 spiro atoms. The number of carbonyl (C=O) groups excluding carboxylic acids is 3. The average Bonchev–Trinajstić information content (AvgIpc) is 2.72. The molecule has 158 valence electrons. The van der Waals surface area contributed by atoms with Crippen molar-refractivity contribution < 1.29 is 23.9 Å². The number of ketones is 1. The first kappa shape index (κ1) is 24.6. The minimum Gasteiger partial charge on any atom is -0.459 e. The normalized spacial score (nSPS) is 24.9. The smallest absolute Gasteiger partial charge is 0.303 e. The Kier molecular flexibility index (Phi) is 10.1. The molecule has 6 heteroatoms. The van der Waals surface area contributed by atoms with Gasteiger partial charge in [-0.25, -0.2) is 0 Å². The maximum Gasteiger partial charge on any atom is 0.303 e. The van der Waals surface area contributed by atoms with Gasteiger partial charge in [0.15, 0.2) is 0 Å². The van der Waals surface area contributed by atoms with E-state index in [4.69, 9.17) is 21.1 Å². The predicted molar refractivity (Wildman–Crippen MR) is 110 cm³/mol. The van der Waals surface area contributed by atoms with Gasteiger partial charge in [0.2, 0.25) is 5.24 Å². The lowest BCUT2D eigenvalue weighted by Crippen LogP contribution is -2.43. The van der Waals surface area contributed by atoms with Gasteiger partial charge in [0.25, 0.3) is 0 Å². The zero-order chi connectivity index (χ0) is 21.3. The standard InChI is InChI=1S/C22H33ClO5/c1-15(2)8-10-19(25)16(3)7-6-12-22(5)20(28-17(4)24)11-9-18(14-27-22)13-21(23)26/h8,13,16,20H,6-7,9-12,14H2,1-5H3/t16?,20-,22+/m1/s1. The molecule has 1 aliphatic heterocycles. The van der Waals surface area contributed by atoms with E-state index in [2.05, 4.69) is 0 Å². The third-order valence-corrected chi connectivity index (χ3v) is 5.30. The zero-order valence-electron chi connectivity index (χ0n) is 17.7. The van der Waals surface area contributed by atoms with E-state index in [1.54, 1.807) is 0 Å². The Balaban J connectivity index is 2.74. The molecule has 1 unspecified atom stereocenters. The Morgan fingerprint density at radius 1 is 1.32 bits per heavy atom. The molecule has 0 radical (unpaired) electrons. The highest BCUT2D eigenvalue weighted by Crippen LogP contribution is 2.34. The molecule has 1 aliphatic rings. The number of halogens is 1. The maximum atomic E-state index is 12.2. The molecule has 0 bridgehead atoms. The van der Waals surface area contributed by atoms with Crippen molar-refractivity contribution in [3.63, 3.8) is 0 Å². The van der Waals surface area contributed by atoms with Crippen LogP contribution in [0.3, 0.4) is 0 Å². The quantitative estimate of drug-likeness (QED) is 0.233. The summed E-state index contributed by atoms with van der Waals surface area (Å²) in [5.41, 5.74) is 1.27. The minimum absolute atomic E-state index is 0.0264. The summed E-state index contributed by atoms with van der Waals surface area (Å²) >= 11 is 5.46. The molecule has 0 aromatic carbocycles. The van der Waals surface area contributed by atoms with Crippen LogP contribution < -0.4 is 0 Å². The number of rotatable bonds is 9. The molecule has 3 atom stereocenters. The summed E-state index contributed by atoms with van der Waals surface area (Å²) in [5.74, 6) is -0.150. The second-order valence-corrected chi connectivity index (χ2v) is 8.46. The van der Waals surface area contributed by atoms with Crippen molar-refractivity contribution >= 4 is 28.6 Å². The third-order valence-electron chi connectivity index (χ3n) is 5.19. The first-order chi connectivity index (χ1) is 13.0. The first-order valence-electron chi connectivity index (χ1n) is 9.89. The molecular formula is C22H33ClO5. The number of carbonyl (C=O) groups is 3. The highest BCUT2D eigenvalue weighted by molar-refractivity contribution is 6.66. The summed E-state index contributed by atoms with van der Waals surface area (Å²) in [6.07, 6.45) is 6.75. The van der Waals surface area contributed by atoms with Gasteiger partial charge in [-0.2, -0.15) is 0 Å². The maximum absolute atomic E-state index is 12.2. The molecule has 0 saturated carbocycles. The summed E-state index contributed by atoms with van der Waals surface area (Å²) < 4.78 is 11.6. The SMILES string of the molecule is CC(=O)O[C@@H]1CCC(=CC(=O)Cl)CO[C@@]1(C)CCCC(C)C(=O)CC=C(C)C. The molecule has 1 rings (SSSR count). The molecule has 0 aromatic rings. The van der Waals surface area contributed by atoms with Gasteiger partial charge in [-0.3, -0.25) is 14.4 Å². The van der Waals surface area contributed by atoms with Gasteiger partial charge in [-0.15, -0.1) is 0 Å². The van der Waals surface area contributed by atoms with Crippen LogP contribution in [-0.4, -0.2) is 35.3 Å². The summed E-state index contributed by atoms with van der Waals surface area (Å²) in [7, 11) is 0. The Morgan fingerprint density at radius 3 is 2.57 bits per heavy atom. The van der Waals surface area contributed by atoms with E-state index in [1.165, 1.54) is 13.0 Å². The zero-order valence-corrected chi connectivity index (χ0v) is 18.4. The lowest BCUT2D eigenvalue weighted by atomic mass is 9.87. The van der Waals surface area contributed by atoms with Gasteiger partial charge in [-0.1, -0.05) is 18.6 Å². The van der Waals surface area contributed by atoms with E-state index in [9.17, 15) is 14.4 Å². The lowest BCUT2D eigenvalue weighted by Gasteiger charge is -2.35. The van der Waals surface area contributed by atoms with Crippen LogP contribution in [0.5, 0.6) is 0 Å². The highest BCUT2D eigenvalue weighted by Gasteiger charge is 2.39. The summed E-state index contributed by atoms with van der Waals surface area (Å²) in [6, 6.07) is 0. The summed E-state index contributed by atoms with van der Waals surface area (Å²) in [6.45, 7) is 9.52. The molecule has 1 heterocycles. The number of Topliss-reactive ketones (excluding diaryl/α,β-unsaturated/α-hetero) is 1.